The van der Waals surface area contributed by atoms with Crippen LogP contribution in [0.4, 0.5) is 0 Å². The van der Waals surface area contributed by atoms with E-state index in [9.17, 15) is 14.4 Å². The molecule has 0 aliphatic heterocycles. The third-order valence-electron chi connectivity index (χ3n) is 4.91. The van der Waals surface area contributed by atoms with Crippen molar-refractivity contribution >= 4 is 17.2 Å². The van der Waals surface area contributed by atoms with Crippen LogP contribution >= 0.6 is 11.3 Å². The predicted octanol–water partition coefficient (Wildman–Crippen LogP) is 2.08. The van der Waals surface area contributed by atoms with Gasteiger partial charge in [0.15, 0.2) is 0 Å². The Morgan fingerprint density at radius 1 is 1.15 bits per heavy atom. The first-order valence-electron chi connectivity index (χ1n) is 10.1. The van der Waals surface area contributed by atoms with Crippen molar-refractivity contribution in [3.63, 3.8) is 0 Å². The second kappa shape index (κ2) is 10.0. The first-order chi connectivity index (χ1) is 16.0. The number of rotatable bonds is 8. The third-order valence-corrected chi connectivity index (χ3v) is 5.85. The van der Waals surface area contributed by atoms with Gasteiger partial charge in [-0.2, -0.15) is 0 Å². The van der Waals surface area contributed by atoms with Crippen LogP contribution in [0.25, 0.3) is 10.6 Å². The summed E-state index contributed by atoms with van der Waals surface area (Å²) in [6, 6.07) is 12.8. The number of aromatic amines is 1. The number of ether oxygens (including phenoxy) is 1. The molecular weight excluding hydrogens is 442 g/mol. The molecule has 3 aromatic heterocycles. The van der Waals surface area contributed by atoms with Gasteiger partial charge in [-0.05, 0) is 36.4 Å². The van der Waals surface area contributed by atoms with Gasteiger partial charge in [-0.3, -0.25) is 19.1 Å². The van der Waals surface area contributed by atoms with Crippen LogP contribution in [0.15, 0.2) is 69.8 Å². The number of pyridine rings is 1. The minimum Gasteiger partial charge on any atom is -0.497 e. The summed E-state index contributed by atoms with van der Waals surface area (Å²) in [6.45, 7) is 0.270. The van der Waals surface area contributed by atoms with E-state index in [0.29, 0.717) is 18.7 Å². The molecule has 2 N–H and O–H groups in total. The quantitative estimate of drug-likeness (QED) is 0.413. The first kappa shape index (κ1) is 22.2. The normalized spacial score (nSPS) is 10.7. The van der Waals surface area contributed by atoms with Crippen molar-refractivity contribution in [1.29, 1.82) is 0 Å². The Morgan fingerprint density at radius 3 is 2.70 bits per heavy atom. The van der Waals surface area contributed by atoms with Gasteiger partial charge in [0.25, 0.3) is 11.5 Å². The molecule has 168 valence electrons. The fraction of sp³-hybridized carbons (Fsp3) is 0.174. The molecule has 33 heavy (non-hydrogen) atoms. The molecule has 0 atom stereocenters. The number of carbonyl (C=O) groups excluding carboxylic acids is 1. The smallest absolute Gasteiger partial charge is 0.328 e. The van der Waals surface area contributed by atoms with E-state index in [0.717, 1.165) is 32.8 Å². The molecule has 0 aliphatic rings. The third kappa shape index (κ3) is 5.24. The summed E-state index contributed by atoms with van der Waals surface area (Å²) >= 11 is 1.51. The second-order valence-corrected chi connectivity index (χ2v) is 7.96. The molecule has 0 saturated heterocycles. The minimum atomic E-state index is -0.669. The van der Waals surface area contributed by atoms with E-state index in [1.54, 1.807) is 31.5 Å². The van der Waals surface area contributed by atoms with Gasteiger partial charge in [0.2, 0.25) is 0 Å². The van der Waals surface area contributed by atoms with Crippen LogP contribution < -0.4 is 21.3 Å². The van der Waals surface area contributed by atoms with Gasteiger partial charge < -0.3 is 15.0 Å². The van der Waals surface area contributed by atoms with Gasteiger partial charge >= 0.3 is 5.69 Å². The van der Waals surface area contributed by atoms with E-state index >= 15 is 0 Å². The average molecular weight is 464 g/mol. The highest BCUT2D eigenvalue weighted by Crippen LogP contribution is 2.25. The van der Waals surface area contributed by atoms with Crippen molar-refractivity contribution in [3.05, 3.63) is 98.0 Å². The molecule has 4 rings (SSSR count). The molecule has 3 heterocycles. The SMILES string of the molecule is COc1ccc(-c2nc(CCNC(=O)c3c[nH]c(=O)n(Cc4ccccn4)c3=O)cs2)cc1. The maximum atomic E-state index is 12.7. The van der Waals surface area contributed by atoms with Gasteiger partial charge in [-0.25, -0.2) is 9.78 Å². The van der Waals surface area contributed by atoms with E-state index in [-0.39, 0.29) is 12.1 Å². The number of methoxy groups -OCH3 is 1. The number of amides is 1. The fourth-order valence-corrected chi connectivity index (χ4v) is 4.02. The van der Waals surface area contributed by atoms with Crippen LogP contribution in [-0.2, 0) is 13.0 Å². The Kier molecular flexibility index (Phi) is 6.75. The minimum absolute atomic E-state index is 0.0247. The molecule has 0 radical (unpaired) electrons. The van der Waals surface area contributed by atoms with Crippen molar-refractivity contribution in [2.75, 3.05) is 13.7 Å². The summed E-state index contributed by atoms with van der Waals surface area (Å²) in [4.78, 5) is 48.6. The molecule has 0 unspecified atom stereocenters. The lowest BCUT2D eigenvalue weighted by Crippen LogP contribution is -2.41. The standard InChI is InChI=1S/C23H21N5O4S/c1-32-18-7-5-15(6-8-18)21-27-17(14-33-21)9-11-25-20(29)19-12-26-23(31)28(22(19)30)13-16-4-2-3-10-24-16/h2-8,10,12,14H,9,11,13H2,1H3,(H,25,29)(H,26,31). The largest absolute Gasteiger partial charge is 0.497 e. The van der Waals surface area contributed by atoms with Crippen molar-refractivity contribution in [2.24, 2.45) is 0 Å². The monoisotopic (exact) mass is 463 g/mol. The Balaban J connectivity index is 1.39. The van der Waals surface area contributed by atoms with E-state index < -0.39 is 17.2 Å². The Morgan fingerprint density at radius 2 is 1.97 bits per heavy atom. The highest BCUT2D eigenvalue weighted by atomic mass is 32.1. The zero-order valence-electron chi connectivity index (χ0n) is 17.8. The summed E-state index contributed by atoms with van der Waals surface area (Å²) in [5.74, 6) is 0.219. The fourth-order valence-electron chi connectivity index (χ4n) is 3.16. The molecule has 4 aromatic rings. The zero-order chi connectivity index (χ0) is 23.2. The summed E-state index contributed by atoms with van der Waals surface area (Å²) in [6.07, 6.45) is 3.22. The van der Waals surface area contributed by atoms with E-state index in [1.165, 1.54) is 11.3 Å². The summed E-state index contributed by atoms with van der Waals surface area (Å²) in [5.41, 5.74) is 0.951. The van der Waals surface area contributed by atoms with Gasteiger partial charge in [0, 0.05) is 36.3 Å². The lowest BCUT2D eigenvalue weighted by Gasteiger charge is -2.07. The highest BCUT2D eigenvalue weighted by Gasteiger charge is 2.15. The van der Waals surface area contributed by atoms with Crippen LogP contribution in [0.3, 0.4) is 0 Å². The summed E-state index contributed by atoms with van der Waals surface area (Å²) in [5, 5.41) is 5.53. The molecule has 1 amide bonds. The lowest BCUT2D eigenvalue weighted by molar-refractivity contribution is 0.0951. The molecule has 9 nitrogen and oxygen atoms in total. The van der Waals surface area contributed by atoms with Crippen LogP contribution in [0.5, 0.6) is 5.75 Å². The van der Waals surface area contributed by atoms with Crippen LogP contribution in [-0.4, -0.2) is 39.1 Å². The Labute approximate surface area is 192 Å². The number of H-pyrrole nitrogens is 1. The van der Waals surface area contributed by atoms with Crippen molar-refractivity contribution < 1.29 is 9.53 Å². The number of carbonyl (C=O) groups is 1. The lowest BCUT2D eigenvalue weighted by atomic mass is 10.2. The molecule has 0 fully saturated rings. The Bertz CT molecular complexity index is 1360. The van der Waals surface area contributed by atoms with E-state index in [1.807, 2.05) is 29.6 Å². The van der Waals surface area contributed by atoms with Gasteiger partial charge in [0.1, 0.15) is 16.3 Å². The topological polar surface area (TPSA) is 119 Å². The Hall–Kier alpha value is -4.05. The first-order valence-corrected chi connectivity index (χ1v) is 11.0. The average Bonchev–Trinajstić information content (AvgIpc) is 3.31. The zero-order valence-corrected chi connectivity index (χ0v) is 18.6. The predicted molar refractivity (Wildman–Crippen MR) is 125 cm³/mol. The number of hydrogen-bond acceptors (Lipinski definition) is 7. The number of aromatic nitrogens is 4. The van der Waals surface area contributed by atoms with Crippen molar-refractivity contribution in [1.82, 2.24) is 24.8 Å². The molecule has 0 bridgehead atoms. The maximum Gasteiger partial charge on any atom is 0.328 e. The molecular formula is C23H21N5O4S. The maximum absolute atomic E-state index is 12.7. The van der Waals surface area contributed by atoms with Gasteiger partial charge in [-0.15, -0.1) is 11.3 Å². The molecule has 0 saturated carbocycles. The van der Waals surface area contributed by atoms with E-state index in [2.05, 4.69) is 20.3 Å². The molecule has 10 heteroatoms. The summed E-state index contributed by atoms with van der Waals surface area (Å²) in [7, 11) is 1.62. The number of hydrogen-bond donors (Lipinski definition) is 2. The van der Waals surface area contributed by atoms with Crippen molar-refractivity contribution in [3.8, 4) is 16.3 Å². The second-order valence-electron chi connectivity index (χ2n) is 7.10. The van der Waals surface area contributed by atoms with Gasteiger partial charge in [-0.1, -0.05) is 6.07 Å². The number of nitrogens with zero attached hydrogens (tertiary/aromatic N) is 3. The van der Waals surface area contributed by atoms with Crippen LogP contribution in [0, 0.1) is 0 Å². The van der Waals surface area contributed by atoms with Crippen molar-refractivity contribution in [2.45, 2.75) is 13.0 Å². The van der Waals surface area contributed by atoms with Gasteiger partial charge in [0.05, 0.1) is 25.0 Å². The van der Waals surface area contributed by atoms with Crippen LogP contribution in [0.1, 0.15) is 21.7 Å². The molecule has 0 aliphatic carbocycles. The van der Waals surface area contributed by atoms with Crippen LogP contribution in [0.2, 0.25) is 0 Å². The summed E-state index contributed by atoms with van der Waals surface area (Å²) < 4.78 is 6.13. The number of thiazole rings is 1. The molecule has 0 spiro atoms. The molecule has 1 aromatic carbocycles. The number of nitrogens with one attached hydrogen (secondary N) is 2. The number of benzene rings is 1. The van der Waals surface area contributed by atoms with E-state index in [4.69, 9.17) is 4.74 Å². The highest BCUT2D eigenvalue weighted by molar-refractivity contribution is 7.13.